The van der Waals surface area contributed by atoms with Crippen LogP contribution in [0.4, 0.5) is 0 Å². The Kier molecular flexibility index (Phi) is 1.93. The van der Waals surface area contributed by atoms with Crippen molar-refractivity contribution in [3.8, 4) is 6.07 Å². The lowest BCUT2D eigenvalue weighted by atomic mass is 10.3. The second-order valence-corrected chi connectivity index (χ2v) is 3.92. The molecule has 1 aliphatic rings. The number of alkyl halides is 1. The summed E-state index contributed by atoms with van der Waals surface area (Å²) in [5, 5.41) is 8.16. The predicted octanol–water partition coefficient (Wildman–Crippen LogP) is 2.01. The number of halogens is 1. The first-order valence-corrected chi connectivity index (χ1v) is 4.50. The lowest BCUT2D eigenvalue weighted by molar-refractivity contribution is 0.944. The Hall–Kier alpha value is 0.130. The maximum absolute atomic E-state index is 8.45. The van der Waals surface area contributed by atoms with E-state index in [1.54, 1.807) is 11.8 Å². The lowest BCUT2D eigenvalue weighted by Gasteiger charge is -2.10. The maximum atomic E-state index is 8.45. The molecule has 1 nitrogen and oxygen atoms in total. The highest BCUT2D eigenvalue weighted by atomic mass is 35.5. The van der Waals surface area contributed by atoms with Gasteiger partial charge < -0.3 is 0 Å². The number of hydrogen-bond acceptors (Lipinski definition) is 2. The summed E-state index contributed by atoms with van der Waals surface area (Å²) in [6.07, 6.45) is 4.23. The van der Waals surface area contributed by atoms with Gasteiger partial charge in [-0.25, -0.2) is 0 Å². The molecule has 0 saturated heterocycles. The highest BCUT2D eigenvalue weighted by molar-refractivity contribution is 8.00. The van der Waals surface area contributed by atoms with Gasteiger partial charge >= 0.3 is 0 Å². The summed E-state index contributed by atoms with van der Waals surface area (Å²) in [4.78, 5) is 0. The molecular weight excluding hydrogens is 154 g/mol. The van der Waals surface area contributed by atoms with Crippen LogP contribution in [0.1, 0.15) is 12.8 Å². The number of rotatable bonds is 2. The van der Waals surface area contributed by atoms with Gasteiger partial charge in [0.15, 0.2) is 0 Å². The number of thioether (sulfide) groups is 1. The van der Waals surface area contributed by atoms with E-state index in [-0.39, 0.29) is 10.1 Å². The Labute approximate surface area is 64.4 Å². The Morgan fingerprint density at radius 1 is 1.78 bits per heavy atom. The molecule has 0 heterocycles. The summed E-state index contributed by atoms with van der Waals surface area (Å²) in [6, 6.07) is 2.06. The summed E-state index contributed by atoms with van der Waals surface area (Å²) in [5.74, 6) is 0. The van der Waals surface area contributed by atoms with Crippen LogP contribution in [0, 0.1) is 11.3 Å². The van der Waals surface area contributed by atoms with Crippen molar-refractivity contribution >= 4 is 23.4 Å². The van der Waals surface area contributed by atoms with E-state index in [4.69, 9.17) is 16.9 Å². The zero-order chi connectivity index (χ0) is 6.91. The number of nitrogens with zero attached hydrogens (tertiary/aromatic N) is 1. The van der Waals surface area contributed by atoms with Crippen molar-refractivity contribution in [1.29, 1.82) is 5.26 Å². The topological polar surface area (TPSA) is 23.8 Å². The van der Waals surface area contributed by atoms with Crippen molar-refractivity contribution < 1.29 is 0 Å². The van der Waals surface area contributed by atoms with Gasteiger partial charge in [0.05, 0.1) is 6.07 Å². The second kappa shape index (κ2) is 2.40. The Bertz CT molecular complexity index is 148. The fraction of sp³-hybridized carbons (Fsp3) is 0.833. The highest BCUT2D eigenvalue weighted by Crippen LogP contribution is 2.51. The fourth-order valence-corrected chi connectivity index (χ4v) is 2.06. The van der Waals surface area contributed by atoms with E-state index < -0.39 is 0 Å². The molecule has 3 heteroatoms. The third kappa shape index (κ3) is 1.17. The Morgan fingerprint density at radius 2 is 2.33 bits per heavy atom. The first kappa shape index (κ1) is 7.24. The smallest absolute Gasteiger partial charge is 0.135 e. The van der Waals surface area contributed by atoms with Crippen LogP contribution in [0.5, 0.6) is 0 Å². The summed E-state index contributed by atoms with van der Waals surface area (Å²) < 4.78 is 0.121. The average Bonchev–Trinajstić information content (AvgIpc) is 2.66. The van der Waals surface area contributed by atoms with E-state index in [0.29, 0.717) is 0 Å². The SMILES string of the molecule is CSC1(C(Cl)C#N)CC1. The normalized spacial score (nSPS) is 24.6. The highest BCUT2D eigenvalue weighted by Gasteiger charge is 2.48. The average molecular weight is 162 g/mol. The summed E-state index contributed by atoms with van der Waals surface area (Å²) in [6.45, 7) is 0. The van der Waals surface area contributed by atoms with Gasteiger partial charge in [-0.3, -0.25) is 0 Å². The molecule has 9 heavy (non-hydrogen) atoms. The van der Waals surface area contributed by atoms with E-state index in [2.05, 4.69) is 6.07 Å². The van der Waals surface area contributed by atoms with Gasteiger partial charge in [-0.1, -0.05) is 0 Å². The van der Waals surface area contributed by atoms with Gasteiger partial charge in [0.2, 0.25) is 0 Å². The van der Waals surface area contributed by atoms with Crippen molar-refractivity contribution in [2.45, 2.75) is 23.0 Å². The van der Waals surface area contributed by atoms with Crippen LogP contribution in [0.2, 0.25) is 0 Å². The fourth-order valence-electron chi connectivity index (χ4n) is 0.802. The van der Waals surface area contributed by atoms with E-state index >= 15 is 0 Å². The van der Waals surface area contributed by atoms with Gasteiger partial charge in [0.1, 0.15) is 5.38 Å². The molecule has 1 unspecified atom stereocenters. The van der Waals surface area contributed by atoms with E-state index in [9.17, 15) is 0 Å². The van der Waals surface area contributed by atoms with Crippen LogP contribution in [-0.2, 0) is 0 Å². The minimum atomic E-state index is -0.285. The van der Waals surface area contributed by atoms with Crippen LogP contribution in [0.25, 0.3) is 0 Å². The molecule has 0 bridgehead atoms. The minimum Gasteiger partial charge on any atom is -0.197 e. The molecule has 0 N–H and O–H groups in total. The molecule has 1 rings (SSSR count). The minimum absolute atomic E-state index is 0.121. The molecule has 50 valence electrons. The van der Waals surface area contributed by atoms with Crippen molar-refractivity contribution in [3.63, 3.8) is 0 Å². The van der Waals surface area contributed by atoms with Gasteiger partial charge in [-0.05, 0) is 19.1 Å². The van der Waals surface area contributed by atoms with E-state index in [0.717, 1.165) is 12.8 Å². The van der Waals surface area contributed by atoms with Gasteiger partial charge in [0.25, 0.3) is 0 Å². The van der Waals surface area contributed by atoms with Crippen molar-refractivity contribution in [2.24, 2.45) is 0 Å². The molecule has 0 spiro atoms. The molecule has 0 aromatic carbocycles. The van der Waals surface area contributed by atoms with Crippen molar-refractivity contribution in [3.05, 3.63) is 0 Å². The maximum Gasteiger partial charge on any atom is 0.135 e. The molecule has 0 aliphatic heterocycles. The van der Waals surface area contributed by atoms with Crippen LogP contribution in [0.3, 0.4) is 0 Å². The summed E-state index contributed by atoms with van der Waals surface area (Å²) >= 11 is 7.45. The third-order valence-electron chi connectivity index (χ3n) is 1.72. The molecular formula is C6H8ClNS. The van der Waals surface area contributed by atoms with E-state index in [1.807, 2.05) is 6.26 Å². The molecule has 0 amide bonds. The van der Waals surface area contributed by atoms with Gasteiger partial charge in [-0.2, -0.15) is 17.0 Å². The predicted molar refractivity (Wildman–Crippen MR) is 40.7 cm³/mol. The number of hydrogen-bond donors (Lipinski definition) is 0. The quantitative estimate of drug-likeness (QED) is 0.579. The van der Waals surface area contributed by atoms with Crippen LogP contribution < -0.4 is 0 Å². The summed E-state index contributed by atoms with van der Waals surface area (Å²) in [5.41, 5.74) is 0. The van der Waals surface area contributed by atoms with Crippen molar-refractivity contribution in [2.75, 3.05) is 6.26 Å². The molecule has 0 aromatic rings. The standard InChI is InChI=1S/C6H8ClNS/c1-9-6(2-3-6)5(7)4-8/h5H,2-3H2,1H3. The molecule has 0 aromatic heterocycles. The zero-order valence-corrected chi connectivity index (χ0v) is 6.80. The molecule has 1 fully saturated rings. The first-order chi connectivity index (χ1) is 4.25. The van der Waals surface area contributed by atoms with Crippen LogP contribution >= 0.6 is 23.4 Å². The lowest BCUT2D eigenvalue weighted by Crippen LogP contribution is -2.15. The molecule has 1 saturated carbocycles. The first-order valence-electron chi connectivity index (χ1n) is 2.84. The number of nitriles is 1. The Morgan fingerprint density at radius 3 is 2.44 bits per heavy atom. The van der Waals surface area contributed by atoms with Crippen LogP contribution in [0.15, 0.2) is 0 Å². The van der Waals surface area contributed by atoms with Gasteiger partial charge in [-0.15, -0.1) is 11.6 Å². The molecule has 1 aliphatic carbocycles. The zero-order valence-electron chi connectivity index (χ0n) is 5.22. The van der Waals surface area contributed by atoms with E-state index in [1.165, 1.54) is 0 Å². The largest absolute Gasteiger partial charge is 0.197 e. The van der Waals surface area contributed by atoms with Crippen molar-refractivity contribution in [1.82, 2.24) is 0 Å². The Balaban J connectivity index is 2.51. The third-order valence-corrected chi connectivity index (χ3v) is 3.83. The van der Waals surface area contributed by atoms with Crippen LogP contribution in [-0.4, -0.2) is 16.4 Å². The molecule has 1 atom stereocenters. The van der Waals surface area contributed by atoms with Gasteiger partial charge in [0, 0.05) is 4.75 Å². The molecule has 0 radical (unpaired) electrons. The second-order valence-electron chi connectivity index (χ2n) is 2.26. The summed E-state index contributed by atoms with van der Waals surface area (Å²) in [7, 11) is 0. The monoisotopic (exact) mass is 161 g/mol.